The van der Waals surface area contributed by atoms with Gasteiger partial charge in [0.15, 0.2) is 0 Å². The molecule has 1 heterocycles. The van der Waals surface area contributed by atoms with E-state index in [9.17, 15) is 27.6 Å². The summed E-state index contributed by atoms with van der Waals surface area (Å²) in [6.07, 6.45) is -3.96. The molecular formula is C24H27ClF3N5O3. The summed E-state index contributed by atoms with van der Waals surface area (Å²) in [6.45, 7) is 3.63. The molecule has 1 aliphatic heterocycles. The van der Waals surface area contributed by atoms with E-state index in [1.165, 1.54) is 0 Å². The molecule has 1 unspecified atom stereocenters. The average Bonchev–Trinajstić information content (AvgIpc) is 3.25. The maximum atomic E-state index is 13.2. The fraction of sp³-hybridized carbons (Fsp3) is 0.375. The van der Waals surface area contributed by atoms with Crippen molar-refractivity contribution in [2.24, 2.45) is 0 Å². The molecule has 2 aromatic rings. The fourth-order valence-electron chi connectivity index (χ4n) is 3.82. The largest absolute Gasteiger partial charge is 0.416 e. The first-order valence-corrected chi connectivity index (χ1v) is 11.7. The molecule has 12 heteroatoms. The summed E-state index contributed by atoms with van der Waals surface area (Å²) in [7, 11) is 0. The van der Waals surface area contributed by atoms with Crippen molar-refractivity contribution in [1.82, 2.24) is 20.9 Å². The first-order valence-electron chi connectivity index (χ1n) is 11.4. The molecule has 3 rings (SSSR count). The minimum absolute atomic E-state index is 0.111. The number of hydrogen-bond acceptors (Lipinski definition) is 4. The van der Waals surface area contributed by atoms with Gasteiger partial charge in [0.1, 0.15) is 0 Å². The standard InChI is InChI=1S/C24H27ClF3N5O3/c1-2-29-23(36)32-20-8-5-16(24(26,27)28)11-19(20)22(35)30-12-21(34)31-18-9-10-33(14-18)13-15-3-6-17(25)7-4-15/h3-8,11,18H,2,9-10,12-14H2,1H3,(H,30,35)(H,31,34)(H2,29,32,36). The topological polar surface area (TPSA) is 103 Å². The van der Waals surface area contributed by atoms with Gasteiger partial charge < -0.3 is 21.3 Å². The number of nitrogens with one attached hydrogen (secondary N) is 4. The molecule has 1 aliphatic rings. The Labute approximate surface area is 211 Å². The van der Waals surface area contributed by atoms with Crippen molar-refractivity contribution in [2.45, 2.75) is 32.1 Å². The number of benzene rings is 2. The second-order valence-electron chi connectivity index (χ2n) is 8.34. The predicted molar refractivity (Wildman–Crippen MR) is 130 cm³/mol. The van der Waals surface area contributed by atoms with Crippen LogP contribution in [0, 0.1) is 0 Å². The molecule has 0 spiro atoms. The number of alkyl halides is 3. The number of likely N-dealkylation sites (tertiary alicyclic amines) is 1. The third kappa shape index (κ3) is 7.85. The van der Waals surface area contributed by atoms with Gasteiger partial charge in [0, 0.05) is 37.2 Å². The minimum Gasteiger partial charge on any atom is -0.350 e. The number of anilines is 1. The number of nitrogens with zero attached hydrogens (tertiary/aromatic N) is 1. The number of amides is 4. The van der Waals surface area contributed by atoms with Gasteiger partial charge in [0.2, 0.25) is 5.91 Å². The number of rotatable bonds is 8. The maximum absolute atomic E-state index is 13.2. The lowest BCUT2D eigenvalue weighted by molar-refractivity contribution is -0.137. The van der Waals surface area contributed by atoms with E-state index in [4.69, 9.17) is 11.6 Å². The molecule has 2 aromatic carbocycles. The summed E-state index contributed by atoms with van der Waals surface area (Å²) in [4.78, 5) is 39.1. The molecule has 1 fully saturated rings. The third-order valence-electron chi connectivity index (χ3n) is 5.54. The number of halogens is 4. The van der Waals surface area contributed by atoms with Crippen LogP contribution in [-0.4, -0.2) is 55.0 Å². The second kappa shape index (κ2) is 12.1. The van der Waals surface area contributed by atoms with Crippen LogP contribution in [-0.2, 0) is 17.5 Å². The first kappa shape index (κ1) is 27.3. The molecule has 0 saturated carbocycles. The molecule has 1 saturated heterocycles. The van der Waals surface area contributed by atoms with Crippen LogP contribution in [0.3, 0.4) is 0 Å². The smallest absolute Gasteiger partial charge is 0.350 e. The molecule has 4 amide bonds. The minimum atomic E-state index is -4.68. The van der Waals surface area contributed by atoms with Crippen LogP contribution >= 0.6 is 11.6 Å². The zero-order chi connectivity index (χ0) is 26.3. The van der Waals surface area contributed by atoms with E-state index in [2.05, 4.69) is 26.2 Å². The molecule has 8 nitrogen and oxygen atoms in total. The second-order valence-corrected chi connectivity index (χ2v) is 8.78. The Kier molecular flexibility index (Phi) is 9.16. The van der Waals surface area contributed by atoms with Gasteiger partial charge in [-0.2, -0.15) is 13.2 Å². The lowest BCUT2D eigenvalue weighted by Gasteiger charge is -2.17. The molecule has 0 radical (unpaired) electrons. The molecule has 0 aromatic heterocycles. The quantitative estimate of drug-likeness (QED) is 0.423. The molecule has 0 aliphatic carbocycles. The van der Waals surface area contributed by atoms with E-state index in [0.717, 1.165) is 30.7 Å². The lowest BCUT2D eigenvalue weighted by Crippen LogP contribution is -2.43. The highest BCUT2D eigenvalue weighted by Gasteiger charge is 2.32. The summed E-state index contributed by atoms with van der Waals surface area (Å²) in [5, 5.41) is 10.6. The molecule has 4 N–H and O–H groups in total. The molecule has 0 bridgehead atoms. The summed E-state index contributed by atoms with van der Waals surface area (Å²) in [5.74, 6) is -1.38. The van der Waals surface area contributed by atoms with Gasteiger partial charge in [-0.05, 0) is 49.2 Å². The van der Waals surface area contributed by atoms with Gasteiger partial charge in [-0.15, -0.1) is 0 Å². The number of carbonyl (C=O) groups is 3. The average molecular weight is 526 g/mol. The SMILES string of the molecule is CCNC(=O)Nc1ccc(C(F)(F)F)cc1C(=O)NCC(=O)NC1CCN(Cc2ccc(Cl)cc2)C1. The van der Waals surface area contributed by atoms with Crippen molar-refractivity contribution < 1.29 is 27.6 Å². The van der Waals surface area contributed by atoms with Crippen molar-refractivity contribution in [3.8, 4) is 0 Å². The lowest BCUT2D eigenvalue weighted by atomic mass is 10.1. The Balaban J connectivity index is 1.56. The summed E-state index contributed by atoms with van der Waals surface area (Å²) >= 11 is 5.91. The maximum Gasteiger partial charge on any atom is 0.416 e. The number of urea groups is 1. The Morgan fingerprint density at radius 1 is 1.08 bits per heavy atom. The van der Waals surface area contributed by atoms with Crippen molar-refractivity contribution in [1.29, 1.82) is 0 Å². The number of hydrogen-bond donors (Lipinski definition) is 4. The molecule has 36 heavy (non-hydrogen) atoms. The van der Waals surface area contributed by atoms with Crippen molar-refractivity contribution in [3.63, 3.8) is 0 Å². The monoisotopic (exact) mass is 525 g/mol. The van der Waals surface area contributed by atoms with Crippen LogP contribution in [0.2, 0.25) is 5.02 Å². The highest BCUT2D eigenvalue weighted by Crippen LogP contribution is 2.32. The van der Waals surface area contributed by atoms with E-state index >= 15 is 0 Å². The summed E-state index contributed by atoms with van der Waals surface area (Å²) in [6, 6.07) is 9.12. The third-order valence-corrected chi connectivity index (χ3v) is 5.80. The molecule has 1 atom stereocenters. The zero-order valence-corrected chi connectivity index (χ0v) is 20.3. The summed E-state index contributed by atoms with van der Waals surface area (Å²) < 4.78 is 39.5. The van der Waals surface area contributed by atoms with Crippen molar-refractivity contribution in [2.75, 3.05) is 31.5 Å². The highest BCUT2D eigenvalue weighted by molar-refractivity contribution is 6.30. The van der Waals surface area contributed by atoms with Crippen LogP contribution in [0.1, 0.15) is 34.8 Å². The van der Waals surface area contributed by atoms with Crippen molar-refractivity contribution >= 4 is 35.1 Å². The number of carbonyl (C=O) groups excluding carboxylic acids is 3. The van der Waals surface area contributed by atoms with Gasteiger partial charge in [-0.25, -0.2) is 4.79 Å². The van der Waals surface area contributed by atoms with Gasteiger partial charge in [0.25, 0.3) is 5.91 Å². The van der Waals surface area contributed by atoms with Gasteiger partial charge in [-0.1, -0.05) is 23.7 Å². The molecular weight excluding hydrogens is 499 g/mol. The predicted octanol–water partition coefficient (Wildman–Crippen LogP) is 3.62. The van der Waals surface area contributed by atoms with Crippen LogP contribution in [0.4, 0.5) is 23.7 Å². The van der Waals surface area contributed by atoms with Crippen LogP contribution in [0.15, 0.2) is 42.5 Å². The summed E-state index contributed by atoms with van der Waals surface area (Å²) in [5.41, 5.74) is -0.471. The Bertz CT molecular complexity index is 1100. The van der Waals surface area contributed by atoms with E-state index in [1.54, 1.807) is 6.92 Å². The van der Waals surface area contributed by atoms with E-state index in [0.29, 0.717) is 24.2 Å². The van der Waals surface area contributed by atoms with E-state index in [1.807, 2.05) is 24.3 Å². The van der Waals surface area contributed by atoms with Gasteiger partial charge in [0.05, 0.1) is 23.4 Å². The molecule has 194 valence electrons. The zero-order valence-electron chi connectivity index (χ0n) is 19.5. The Morgan fingerprint density at radius 2 is 1.81 bits per heavy atom. The van der Waals surface area contributed by atoms with Crippen LogP contribution in [0.5, 0.6) is 0 Å². The van der Waals surface area contributed by atoms with Gasteiger partial charge >= 0.3 is 12.2 Å². The van der Waals surface area contributed by atoms with Gasteiger partial charge in [-0.3, -0.25) is 14.5 Å². The van der Waals surface area contributed by atoms with E-state index < -0.39 is 41.7 Å². The Hall–Kier alpha value is -3.31. The van der Waals surface area contributed by atoms with Crippen molar-refractivity contribution in [3.05, 3.63) is 64.2 Å². The normalized spacial score (nSPS) is 15.9. The van der Waals surface area contributed by atoms with Crippen LogP contribution < -0.4 is 21.3 Å². The van der Waals surface area contributed by atoms with E-state index in [-0.39, 0.29) is 18.3 Å². The highest BCUT2D eigenvalue weighted by atomic mass is 35.5. The Morgan fingerprint density at radius 3 is 2.47 bits per heavy atom. The van der Waals surface area contributed by atoms with Crippen LogP contribution in [0.25, 0.3) is 0 Å². The first-order chi connectivity index (χ1) is 17.0. The fourth-order valence-corrected chi connectivity index (χ4v) is 3.95.